The number of nitrogens with zero attached hydrogens (tertiary/aromatic N) is 1. The van der Waals surface area contributed by atoms with E-state index in [2.05, 4.69) is 9.97 Å². The maximum absolute atomic E-state index is 11.1. The molecule has 0 aliphatic rings. The Balaban J connectivity index is 2.59. The predicted octanol–water partition coefficient (Wildman–Crippen LogP) is 1.70. The molecule has 4 nitrogen and oxygen atoms in total. The smallest absolute Gasteiger partial charge is 0.345 e. The van der Waals surface area contributed by atoms with Gasteiger partial charge >= 0.3 is 5.69 Å². The molecule has 2 rings (SSSR count). The van der Waals surface area contributed by atoms with Crippen molar-refractivity contribution in [3.63, 3.8) is 0 Å². The lowest BCUT2D eigenvalue weighted by atomic mass is 10.0. The summed E-state index contributed by atoms with van der Waals surface area (Å²) in [6, 6.07) is 6.88. The maximum atomic E-state index is 11.1. The molecule has 2 N–H and O–H groups in total. The van der Waals surface area contributed by atoms with Crippen LogP contribution in [0, 0.1) is 0 Å². The van der Waals surface area contributed by atoms with Crippen molar-refractivity contribution in [2.45, 2.75) is 13.3 Å². The Bertz CT molecular complexity index is 561. The molecule has 0 fully saturated rings. The van der Waals surface area contributed by atoms with Crippen LogP contribution in [-0.2, 0) is 6.42 Å². The molecule has 0 saturated carbocycles. The van der Waals surface area contributed by atoms with Gasteiger partial charge in [-0.2, -0.15) is 4.98 Å². The summed E-state index contributed by atoms with van der Waals surface area (Å²) in [6.07, 6.45) is 2.30. The molecule has 0 aliphatic heterocycles. The van der Waals surface area contributed by atoms with E-state index >= 15 is 0 Å². The number of H-pyrrole nitrogens is 1. The van der Waals surface area contributed by atoms with Crippen LogP contribution in [0.2, 0.25) is 0 Å². The van der Waals surface area contributed by atoms with Gasteiger partial charge in [-0.25, -0.2) is 4.79 Å². The Morgan fingerprint density at radius 3 is 2.94 bits per heavy atom. The van der Waals surface area contributed by atoms with Crippen molar-refractivity contribution in [1.29, 1.82) is 0 Å². The van der Waals surface area contributed by atoms with Crippen LogP contribution in [0.1, 0.15) is 12.6 Å². The maximum Gasteiger partial charge on any atom is 0.345 e. The van der Waals surface area contributed by atoms with E-state index in [9.17, 15) is 9.90 Å². The summed E-state index contributed by atoms with van der Waals surface area (Å²) in [5, 5.41) is 9.40. The quantitative estimate of drug-likeness (QED) is 0.803. The highest BCUT2D eigenvalue weighted by molar-refractivity contribution is 5.66. The van der Waals surface area contributed by atoms with Crippen LogP contribution in [0.15, 0.2) is 35.3 Å². The molecule has 0 amide bonds. The van der Waals surface area contributed by atoms with Crippen molar-refractivity contribution in [2.75, 3.05) is 0 Å². The summed E-state index contributed by atoms with van der Waals surface area (Å²) in [5.74, 6) is 0.200. The lowest BCUT2D eigenvalue weighted by Crippen LogP contribution is -2.12. The Hall–Kier alpha value is -2.10. The minimum Gasteiger partial charge on any atom is -0.508 e. The molecular weight excluding hydrogens is 204 g/mol. The zero-order valence-corrected chi connectivity index (χ0v) is 8.90. The molecule has 2 aromatic rings. The number of aromatic amines is 1. The van der Waals surface area contributed by atoms with Gasteiger partial charge in [-0.3, -0.25) is 0 Å². The minimum absolute atomic E-state index is 0.200. The third-order valence-corrected chi connectivity index (χ3v) is 2.38. The normalized spacial score (nSPS) is 10.3. The monoisotopic (exact) mass is 216 g/mol. The van der Waals surface area contributed by atoms with Gasteiger partial charge in [0.05, 0.1) is 5.69 Å². The summed E-state index contributed by atoms with van der Waals surface area (Å²) < 4.78 is 0. The molecule has 4 heteroatoms. The van der Waals surface area contributed by atoms with E-state index in [1.54, 1.807) is 24.4 Å². The number of phenols is 1. The van der Waals surface area contributed by atoms with Crippen LogP contribution in [0.3, 0.4) is 0 Å². The van der Waals surface area contributed by atoms with Crippen LogP contribution in [0.4, 0.5) is 0 Å². The van der Waals surface area contributed by atoms with Gasteiger partial charge in [0.1, 0.15) is 5.75 Å². The molecule has 0 radical (unpaired) electrons. The lowest BCUT2D eigenvalue weighted by Gasteiger charge is -2.06. The first-order chi connectivity index (χ1) is 7.70. The highest BCUT2D eigenvalue weighted by atomic mass is 16.3. The average molecular weight is 216 g/mol. The number of benzene rings is 1. The molecule has 0 bridgehead atoms. The van der Waals surface area contributed by atoms with E-state index < -0.39 is 0 Å². The predicted molar refractivity (Wildman–Crippen MR) is 61.3 cm³/mol. The third kappa shape index (κ3) is 1.95. The molecule has 0 unspecified atom stereocenters. The molecule has 16 heavy (non-hydrogen) atoms. The van der Waals surface area contributed by atoms with E-state index in [-0.39, 0.29) is 11.4 Å². The SMILES string of the molecule is CCc1nc(=O)[nH]cc1-c1cccc(O)c1. The number of aryl methyl sites for hydroxylation is 1. The van der Waals surface area contributed by atoms with Crippen LogP contribution < -0.4 is 5.69 Å². The van der Waals surface area contributed by atoms with E-state index in [0.717, 1.165) is 16.8 Å². The Kier molecular flexibility index (Phi) is 2.72. The summed E-state index contributed by atoms with van der Waals surface area (Å²) >= 11 is 0. The van der Waals surface area contributed by atoms with Gasteiger partial charge in [-0.1, -0.05) is 19.1 Å². The van der Waals surface area contributed by atoms with E-state index in [4.69, 9.17) is 0 Å². The van der Waals surface area contributed by atoms with Gasteiger partial charge in [0.25, 0.3) is 0 Å². The summed E-state index contributed by atoms with van der Waals surface area (Å²) in [6.45, 7) is 1.94. The van der Waals surface area contributed by atoms with Gasteiger partial charge < -0.3 is 10.1 Å². The summed E-state index contributed by atoms with van der Waals surface area (Å²) in [4.78, 5) is 17.5. The zero-order valence-electron chi connectivity index (χ0n) is 8.90. The molecule has 0 atom stereocenters. The molecule has 1 aromatic carbocycles. The van der Waals surface area contributed by atoms with Crippen molar-refractivity contribution in [3.8, 4) is 16.9 Å². The van der Waals surface area contributed by atoms with E-state index in [1.807, 2.05) is 13.0 Å². The Labute approximate surface area is 92.6 Å². The first-order valence-corrected chi connectivity index (χ1v) is 5.08. The van der Waals surface area contributed by atoms with E-state index in [0.29, 0.717) is 6.42 Å². The van der Waals surface area contributed by atoms with Crippen LogP contribution >= 0.6 is 0 Å². The second kappa shape index (κ2) is 4.18. The molecule has 82 valence electrons. The van der Waals surface area contributed by atoms with Crippen molar-refractivity contribution in [3.05, 3.63) is 46.6 Å². The van der Waals surface area contributed by atoms with Crippen LogP contribution in [0.25, 0.3) is 11.1 Å². The van der Waals surface area contributed by atoms with Crippen LogP contribution in [-0.4, -0.2) is 15.1 Å². The largest absolute Gasteiger partial charge is 0.508 e. The van der Waals surface area contributed by atoms with E-state index in [1.165, 1.54) is 0 Å². The molecule has 0 saturated heterocycles. The molecule has 0 aliphatic carbocycles. The molecule has 0 spiro atoms. The van der Waals surface area contributed by atoms with Gasteiger partial charge in [0.2, 0.25) is 0 Å². The second-order valence-electron chi connectivity index (χ2n) is 3.47. The van der Waals surface area contributed by atoms with Crippen molar-refractivity contribution in [1.82, 2.24) is 9.97 Å². The minimum atomic E-state index is -0.347. The number of hydrogen-bond acceptors (Lipinski definition) is 3. The fourth-order valence-corrected chi connectivity index (χ4v) is 1.63. The standard InChI is InChI=1S/C12H12N2O2/c1-2-11-10(7-13-12(16)14-11)8-4-3-5-9(15)6-8/h3-7,15H,2H2,1H3,(H,13,14,16). The number of hydrogen-bond donors (Lipinski definition) is 2. The fourth-order valence-electron chi connectivity index (χ4n) is 1.63. The van der Waals surface area contributed by atoms with Gasteiger partial charge in [0.15, 0.2) is 0 Å². The zero-order chi connectivity index (χ0) is 11.5. The topological polar surface area (TPSA) is 66.0 Å². The molecule has 1 heterocycles. The number of nitrogens with one attached hydrogen (secondary N) is 1. The first-order valence-electron chi connectivity index (χ1n) is 5.08. The first kappa shape index (κ1) is 10.4. The van der Waals surface area contributed by atoms with Gasteiger partial charge in [-0.05, 0) is 24.1 Å². The third-order valence-electron chi connectivity index (χ3n) is 2.38. The number of aromatic hydroxyl groups is 1. The summed E-state index contributed by atoms with van der Waals surface area (Å²) in [7, 11) is 0. The lowest BCUT2D eigenvalue weighted by molar-refractivity contribution is 0.475. The molecule has 1 aromatic heterocycles. The Morgan fingerprint density at radius 1 is 1.44 bits per heavy atom. The second-order valence-corrected chi connectivity index (χ2v) is 3.47. The fraction of sp³-hybridized carbons (Fsp3) is 0.167. The van der Waals surface area contributed by atoms with Crippen molar-refractivity contribution < 1.29 is 5.11 Å². The highest BCUT2D eigenvalue weighted by Crippen LogP contribution is 2.24. The number of rotatable bonds is 2. The number of aromatic nitrogens is 2. The summed E-state index contributed by atoms with van der Waals surface area (Å²) in [5.41, 5.74) is 2.08. The van der Waals surface area contributed by atoms with Gasteiger partial charge in [0, 0.05) is 11.8 Å². The van der Waals surface area contributed by atoms with Crippen molar-refractivity contribution >= 4 is 0 Å². The van der Waals surface area contributed by atoms with Crippen molar-refractivity contribution in [2.24, 2.45) is 0 Å². The van der Waals surface area contributed by atoms with Gasteiger partial charge in [-0.15, -0.1) is 0 Å². The Morgan fingerprint density at radius 2 is 2.25 bits per heavy atom. The van der Waals surface area contributed by atoms with Crippen LogP contribution in [0.5, 0.6) is 5.75 Å². The highest BCUT2D eigenvalue weighted by Gasteiger charge is 2.06. The number of phenolic OH excluding ortho intramolecular Hbond substituents is 1. The molecular formula is C12H12N2O2. The average Bonchev–Trinajstić information content (AvgIpc) is 2.28.